The van der Waals surface area contributed by atoms with E-state index in [0.29, 0.717) is 18.5 Å². The minimum Gasteiger partial charge on any atom is -0.466 e. The van der Waals surface area contributed by atoms with Gasteiger partial charge in [0.25, 0.3) is 0 Å². The number of ether oxygens (including phenoxy) is 2. The van der Waals surface area contributed by atoms with E-state index < -0.39 is 11.9 Å². The summed E-state index contributed by atoms with van der Waals surface area (Å²) in [6, 6.07) is 9.35. The van der Waals surface area contributed by atoms with Gasteiger partial charge >= 0.3 is 11.9 Å². The van der Waals surface area contributed by atoms with Gasteiger partial charge in [-0.2, -0.15) is 0 Å². The number of amides is 1. The van der Waals surface area contributed by atoms with Crippen LogP contribution >= 0.6 is 0 Å². The Morgan fingerprint density at radius 1 is 1.28 bits per heavy atom. The number of β-lactam (4-membered cyclic amide) rings is 1. The van der Waals surface area contributed by atoms with E-state index in [4.69, 9.17) is 4.74 Å². The zero-order valence-corrected chi connectivity index (χ0v) is 13.9. The maximum absolute atomic E-state index is 12.3. The number of hydrogen-bond acceptors (Lipinski definition) is 5. The van der Waals surface area contributed by atoms with Crippen molar-refractivity contribution in [3.8, 4) is 0 Å². The van der Waals surface area contributed by atoms with Crippen LogP contribution in [0.15, 0.2) is 54.3 Å². The number of esters is 2. The van der Waals surface area contributed by atoms with E-state index in [9.17, 15) is 14.4 Å². The number of hydrogen-bond donors (Lipinski definition) is 0. The van der Waals surface area contributed by atoms with Crippen LogP contribution in [-0.4, -0.2) is 35.9 Å². The van der Waals surface area contributed by atoms with E-state index in [1.165, 1.54) is 18.1 Å². The average molecular weight is 341 g/mol. The third kappa shape index (κ3) is 3.47. The first-order chi connectivity index (χ1) is 12.1. The van der Waals surface area contributed by atoms with Gasteiger partial charge in [-0.05, 0) is 18.4 Å². The van der Waals surface area contributed by atoms with Gasteiger partial charge in [0.2, 0.25) is 5.91 Å². The Bertz CT molecular complexity index is 737. The first-order valence-electron chi connectivity index (χ1n) is 8.10. The fourth-order valence-electron chi connectivity index (χ4n) is 3.12. The predicted molar refractivity (Wildman–Crippen MR) is 88.8 cm³/mol. The smallest absolute Gasteiger partial charge is 0.355 e. The minimum atomic E-state index is -0.483. The summed E-state index contributed by atoms with van der Waals surface area (Å²) in [6.45, 7) is 0.176. The molecule has 2 aliphatic rings. The molecule has 0 aliphatic carbocycles. The SMILES string of the molecule is COC(=O)C=CCC1C(=O)N2C(C(=O)OCc3ccccc3)=CCC12. The van der Waals surface area contributed by atoms with Crippen LogP contribution in [0, 0.1) is 5.92 Å². The van der Waals surface area contributed by atoms with Gasteiger partial charge < -0.3 is 14.4 Å². The number of allylic oxidation sites excluding steroid dienone is 1. The molecular formula is C19H19NO5. The molecule has 6 nitrogen and oxygen atoms in total. The molecule has 1 fully saturated rings. The van der Waals surface area contributed by atoms with Crippen LogP contribution in [0.3, 0.4) is 0 Å². The summed E-state index contributed by atoms with van der Waals surface area (Å²) in [4.78, 5) is 37.1. The number of nitrogens with zero attached hydrogens (tertiary/aromatic N) is 1. The molecule has 6 heteroatoms. The van der Waals surface area contributed by atoms with E-state index in [0.717, 1.165) is 5.56 Å². The third-order valence-electron chi connectivity index (χ3n) is 4.43. The maximum Gasteiger partial charge on any atom is 0.355 e. The minimum absolute atomic E-state index is 0.0333. The molecule has 2 unspecified atom stereocenters. The van der Waals surface area contributed by atoms with Gasteiger partial charge in [0.1, 0.15) is 12.3 Å². The summed E-state index contributed by atoms with van der Waals surface area (Å²) in [5.41, 5.74) is 1.21. The van der Waals surface area contributed by atoms with Crippen molar-refractivity contribution in [3.05, 3.63) is 59.8 Å². The summed E-state index contributed by atoms with van der Waals surface area (Å²) in [7, 11) is 1.30. The van der Waals surface area contributed by atoms with E-state index in [1.807, 2.05) is 30.3 Å². The molecule has 0 radical (unpaired) electrons. The molecule has 0 saturated carbocycles. The zero-order valence-electron chi connectivity index (χ0n) is 13.9. The fourth-order valence-corrected chi connectivity index (χ4v) is 3.12. The van der Waals surface area contributed by atoms with Gasteiger partial charge in [-0.1, -0.05) is 42.5 Å². The molecule has 2 heterocycles. The highest BCUT2D eigenvalue weighted by Crippen LogP contribution is 2.40. The number of methoxy groups -OCH3 is 1. The zero-order chi connectivity index (χ0) is 17.8. The number of benzene rings is 1. The van der Waals surface area contributed by atoms with Gasteiger partial charge in [0.15, 0.2) is 0 Å². The summed E-state index contributed by atoms with van der Waals surface area (Å²) in [5.74, 6) is -1.25. The quantitative estimate of drug-likeness (QED) is 0.449. The lowest BCUT2D eigenvalue weighted by Crippen LogP contribution is -2.58. The highest BCUT2D eigenvalue weighted by Gasteiger charge is 2.52. The van der Waals surface area contributed by atoms with Crippen LogP contribution in [0.25, 0.3) is 0 Å². The molecule has 0 spiro atoms. The van der Waals surface area contributed by atoms with Crippen molar-refractivity contribution in [2.75, 3.05) is 7.11 Å². The number of rotatable bonds is 6. The molecule has 0 N–H and O–H groups in total. The number of fused-ring (bicyclic) bond motifs is 1. The van der Waals surface area contributed by atoms with E-state index in [-0.39, 0.29) is 24.5 Å². The van der Waals surface area contributed by atoms with Crippen LogP contribution in [0.4, 0.5) is 0 Å². The summed E-state index contributed by atoms with van der Waals surface area (Å²) >= 11 is 0. The van der Waals surface area contributed by atoms with Gasteiger partial charge in [0.05, 0.1) is 19.1 Å². The van der Waals surface area contributed by atoms with E-state index in [2.05, 4.69) is 4.74 Å². The molecule has 2 aliphatic heterocycles. The van der Waals surface area contributed by atoms with Gasteiger partial charge in [0, 0.05) is 6.08 Å². The van der Waals surface area contributed by atoms with Crippen molar-refractivity contribution in [1.29, 1.82) is 0 Å². The van der Waals surface area contributed by atoms with Crippen LogP contribution < -0.4 is 0 Å². The largest absolute Gasteiger partial charge is 0.466 e. The molecule has 1 amide bonds. The molecule has 1 saturated heterocycles. The topological polar surface area (TPSA) is 72.9 Å². The number of carbonyl (C=O) groups excluding carboxylic acids is 3. The van der Waals surface area contributed by atoms with Gasteiger partial charge in [-0.3, -0.25) is 4.79 Å². The average Bonchev–Trinajstić information content (AvgIpc) is 3.04. The first kappa shape index (κ1) is 17.0. The van der Waals surface area contributed by atoms with Crippen LogP contribution in [0.2, 0.25) is 0 Å². The monoisotopic (exact) mass is 341 g/mol. The highest BCUT2D eigenvalue weighted by molar-refractivity contribution is 5.99. The second-order valence-electron chi connectivity index (χ2n) is 5.93. The molecule has 1 aromatic rings. The van der Waals surface area contributed by atoms with Gasteiger partial charge in [-0.25, -0.2) is 9.59 Å². The Hall–Kier alpha value is -2.89. The summed E-state index contributed by atoms with van der Waals surface area (Å²) < 4.78 is 9.82. The van der Waals surface area contributed by atoms with Crippen molar-refractivity contribution in [3.63, 3.8) is 0 Å². The second kappa shape index (κ2) is 7.34. The molecule has 3 rings (SSSR count). The first-order valence-corrected chi connectivity index (χ1v) is 8.10. The summed E-state index contributed by atoms with van der Waals surface area (Å²) in [6.07, 6.45) is 5.78. The normalized spacial score (nSPS) is 21.6. The summed E-state index contributed by atoms with van der Waals surface area (Å²) in [5, 5.41) is 0. The Kier molecular flexibility index (Phi) is 4.97. The lowest BCUT2D eigenvalue weighted by atomic mass is 9.85. The Morgan fingerprint density at radius 2 is 2.04 bits per heavy atom. The van der Waals surface area contributed by atoms with Crippen molar-refractivity contribution >= 4 is 17.8 Å². The van der Waals surface area contributed by atoms with Gasteiger partial charge in [-0.15, -0.1) is 0 Å². The Balaban J connectivity index is 1.53. The lowest BCUT2D eigenvalue weighted by molar-refractivity contribution is -0.157. The van der Waals surface area contributed by atoms with Crippen molar-refractivity contribution in [2.24, 2.45) is 5.92 Å². The molecular weight excluding hydrogens is 322 g/mol. The Morgan fingerprint density at radius 3 is 2.76 bits per heavy atom. The lowest BCUT2D eigenvalue weighted by Gasteiger charge is -2.43. The second-order valence-corrected chi connectivity index (χ2v) is 5.93. The molecule has 0 aromatic heterocycles. The highest BCUT2D eigenvalue weighted by atomic mass is 16.5. The van der Waals surface area contributed by atoms with E-state index in [1.54, 1.807) is 12.2 Å². The predicted octanol–water partition coefficient (Wildman–Crippen LogP) is 1.96. The molecule has 1 aromatic carbocycles. The van der Waals surface area contributed by atoms with Crippen molar-refractivity contribution in [2.45, 2.75) is 25.5 Å². The molecule has 25 heavy (non-hydrogen) atoms. The molecule has 2 atom stereocenters. The third-order valence-corrected chi connectivity index (χ3v) is 4.43. The molecule has 0 bridgehead atoms. The van der Waals surface area contributed by atoms with Crippen molar-refractivity contribution in [1.82, 2.24) is 4.90 Å². The maximum atomic E-state index is 12.3. The van der Waals surface area contributed by atoms with Crippen molar-refractivity contribution < 1.29 is 23.9 Å². The van der Waals surface area contributed by atoms with E-state index >= 15 is 0 Å². The van der Waals surface area contributed by atoms with Crippen LogP contribution in [-0.2, 0) is 30.5 Å². The standard InChI is InChI=1S/C19H19NO5/c1-24-17(21)9-5-8-14-15-10-11-16(20(15)18(14)22)19(23)25-12-13-6-3-2-4-7-13/h2-7,9,11,14-15H,8,10,12H2,1H3. The van der Waals surface area contributed by atoms with Crippen LogP contribution in [0.5, 0.6) is 0 Å². The molecule has 130 valence electrons. The fraction of sp³-hybridized carbons (Fsp3) is 0.316. The Labute approximate surface area is 145 Å². The van der Waals surface area contributed by atoms with Crippen LogP contribution in [0.1, 0.15) is 18.4 Å². The number of carbonyl (C=O) groups is 3.